The lowest BCUT2D eigenvalue weighted by atomic mass is 9.86. The molecule has 348 valence electrons. The molecule has 0 saturated heterocycles. The number of carboxylic acids is 2. The molecule has 2 unspecified atom stereocenters. The van der Waals surface area contributed by atoms with Gasteiger partial charge in [-0.3, -0.25) is 0 Å². The Hall–Kier alpha value is -5.24. The molecule has 0 saturated carbocycles. The predicted octanol–water partition coefficient (Wildman–Crippen LogP) is 13.6. The average Bonchev–Trinajstić information content (AvgIpc) is 3.19. The van der Waals surface area contributed by atoms with Gasteiger partial charge >= 0.3 is 11.9 Å². The van der Waals surface area contributed by atoms with Gasteiger partial charge in [-0.15, -0.1) is 0 Å². The normalized spacial score (nSPS) is 13.1. The molecular weight excluding hydrogens is 872 g/mol. The molecular formula is C56H62Cl2O8. The number of halogens is 2. The summed E-state index contributed by atoms with van der Waals surface area (Å²) in [7, 11) is 0. The van der Waals surface area contributed by atoms with Gasteiger partial charge < -0.3 is 29.9 Å². The fourth-order valence-corrected chi connectivity index (χ4v) is 8.02. The van der Waals surface area contributed by atoms with Crippen molar-refractivity contribution in [3.8, 4) is 34.1 Å². The smallest absolute Gasteiger partial charge is 0.337 e. The summed E-state index contributed by atoms with van der Waals surface area (Å²) < 4.78 is 12.1. The van der Waals surface area contributed by atoms with Gasteiger partial charge in [-0.25, -0.2) is 9.59 Å². The van der Waals surface area contributed by atoms with Crippen LogP contribution in [-0.2, 0) is 25.5 Å². The van der Waals surface area contributed by atoms with Crippen molar-refractivity contribution in [1.29, 1.82) is 0 Å². The van der Waals surface area contributed by atoms with Crippen molar-refractivity contribution >= 4 is 56.7 Å². The second-order valence-corrected chi connectivity index (χ2v) is 20.9. The topological polar surface area (TPSA) is 134 Å². The fourth-order valence-electron chi connectivity index (χ4n) is 7.76. The molecule has 0 amide bonds. The predicted molar refractivity (Wildman–Crippen MR) is 268 cm³/mol. The molecule has 0 spiro atoms. The number of aliphatic carboxylic acids is 2. The van der Waals surface area contributed by atoms with E-state index in [1.165, 1.54) is 0 Å². The van der Waals surface area contributed by atoms with Gasteiger partial charge in [-0.05, 0) is 193 Å². The van der Waals surface area contributed by atoms with Crippen LogP contribution in [0.1, 0.15) is 121 Å². The number of ether oxygens (including phenoxy) is 2. The Kier molecular flexibility index (Phi) is 15.9. The first-order valence-electron chi connectivity index (χ1n) is 21.9. The van der Waals surface area contributed by atoms with E-state index in [2.05, 4.69) is 30.0 Å². The molecule has 66 heavy (non-hydrogen) atoms. The van der Waals surface area contributed by atoms with Gasteiger partial charge in [0, 0.05) is 26.7 Å². The highest BCUT2D eigenvalue weighted by molar-refractivity contribution is 6.31. The van der Waals surface area contributed by atoms with Crippen molar-refractivity contribution in [3.05, 3.63) is 140 Å². The zero-order chi connectivity index (χ0) is 49.1. The molecule has 0 bridgehead atoms. The van der Waals surface area contributed by atoms with Gasteiger partial charge in [-0.2, -0.15) is 0 Å². The van der Waals surface area contributed by atoms with E-state index in [4.69, 9.17) is 32.7 Å². The average molecular weight is 934 g/mol. The molecule has 8 nitrogen and oxygen atoms in total. The SMILES string of the molecule is Cc1cc2ccc(C#CC(C)(C)O)cc2c(-c2ccc(Cl)cc2)c1C(OC(C)(C)C)C(=O)O.Cc1cc2ccc(CCC(C)(C)O)cc2c(-c2ccc(Cl)cc2)c1C(OC(C)(C)C)C(=O)O. The summed E-state index contributed by atoms with van der Waals surface area (Å²) in [6, 6.07) is 30.8. The lowest BCUT2D eigenvalue weighted by Gasteiger charge is -2.28. The molecule has 0 aliphatic rings. The van der Waals surface area contributed by atoms with Crippen LogP contribution in [0.25, 0.3) is 43.8 Å². The van der Waals surface area contributed by atoms with Gasteiger partial charge in [0.1, 0.15) is 5.60 Å². The van der Waals surface area contributed by atoms with Crippen LogP contribution < -0.4 is 0 Å². The second kappa shape index (κ2) is 20.3. The number of rotatable bonds is 11. The maximum Gasteiger partial charge on any atom is 0.337 e. The fraction of sp³-hybridized carbons (Fsp3) is 0.357. The minimum Gasteiger partial charge on any atom is -0.479 e. The Morgan fingerprint density at radius 3 is 1.38 bits per heavy atom. The maximum atomic E-state index is 12.4. The Balaban J connectivity index is 0.000000247. The number of benzene rings is 6. The molecule has 2 atom stereocenters. The van der Waals surface area contributed by atoms with Gasteiger partial charge in [0.25, 0.3) is 0 Å². The third kappa shape index (κ3) is 13.9. The summed E-state index contributed by atoms with van der Waals surface area (Å²) in [5, 5.41) is 45.5. The molecule has 10 heteroatoms. The van der Waals surface area contributed by atoms with E-state index in [0.29, 0.717) is 34.0 Å². The maximum absolute atomic E-state index is 12.4. The molecule has 0 fully saturated rings. The van der Waals surface area contributed by atoms with Crippen LogP contribution >= 0.6 is 23.2 Å². The van der Waals surface area contributed by atoms with Gasteiger partial charge in [-0.1, -0.05) is 95.7 Å². The van der Waals surface area contributed by atoms with E-state index in [1.54, 1.807) is 39.8 Å². The molecule has 0 aliphatic carbocycles. The molecule has 0 radical (unpaired) electrons. The summed E-state index contributed by atoms with van der Waals surface area (Å²) >= 11 is 12.3. The Morgan fingerprint density at radius 2 is 1.00 bits per heavy atom. The van der Waals surface area contributed by atoms with Crippen LogP contribution in [-0.4, -0.2) is 54.8 Å². The van der Waals surface area contributed by atoms with Crippen molar-refractivity contribution in [1.82, 2.24) is 0 Å². The Labute approximate surface area is 399 Å². The quantitative estimate of drug-likeness (QED) is 0.0944. The third-order valence-electron chi connectivity index (χ3n) is 10.6. The summed E-state index contributed by atoms with van der Waals surface area (Å²) in [6.07, 6.45) is -0.951. The monoisotopic (exact) mass is 932 g/mol. The summed E-state index contributed by atoms with van der Waals surface area (Å²) in [5.41, 5.74) is 4.84. The van der Waals surface area contributed by atoms with Crippen LogP contribution in [0.3, 0.4) is 0 Å². The third-order valence-corrected chi connectivity index (χ3v) is 11.1. The zero-order valence-corrected chi connectivity index (χ0v) is 41.5. The summed E-state index contributed by atoms with van der Waals surface area (Å²) in [5.74, 6) is 3.77. The van der Waals surface area contributed by atoms with E-state index in [9.17, 15) is 30.0 Å². The molecule has 6 aromatic carbocycles. The Bertz CT molecular complexity index is 2790. The number of aliphatic hydroxyl groups is 2. The largest absolute Gasteiger partial charge is 0.479 e. The van der Waals surface area contributed by atoms with Crippen molar-refractivity contribution in [2.45, 2.75) is 131 Å². The van der Waals surface area contributed by atoms with Crippen molar-refractivity contribution in [3.63, 3.8) is 0 Å². The van der Waals surface area contributed by atoms with E-state index < -0.39 is 46.6 Å². The number of fused-ring (bicyclic) bond motifs is 2. The molecule has 0 aromatic heterocycles. The lowest BCUT2D eigenvalue weighted by molar-refractivity contribution is -0.161. The first-order valence-corrected chi connectivity index (χ1v) is 22.7. The highest BCUT2D eigenvalue weighted by atomic mass is 35.5. The molecule has 4 N–H and O–H groups in total. The van der Waals surface area contributed by atoms with E-state index in [0.717, 1.165) is 66.1 Å². The summed E-state index contributed by atoms with van der Waals surface area (Å²) in [4.78, 5) is 24.8. The molecule has 6 aromatic rings. The van der Waals surface area contributed by atoms with E-state index in [1.807, 2.05) is 122 Å². The first kappa shape index (κ1) is 51.7. The highest BCUT2D eigenvalue weighted by Crippen LogP contribution is 2.43. The summed E-state index contributed by atoms with van der Waals surface area (Å²) in [6.45, 7) is 21.8. The molecule has 0 heterocycles. The number of carbonyl (C=O) groups is 2. The van der Waals surface area contributed by atoms with Crippen LogP contribution in [0.4, 0.5) is 0 Å². The number of aryl methyl sites for hydroxylation is 3. The van der Waals surface area contributed by atoms with Crippen LogP contribution in [0.15, 0.2) is 97.1 Å². The number of hydrogen-bond donors (Lipinski definition) is 4. The molecule has 0 aliphatic heterocycles. The van der Waals surface area contributed by atoms with E-state index in [-0.39, 0.29) is 0 Å². The van der Waals surface area contributed by atoms with Crippen LogP contribution in [0, 0.1) is 25.7 Å². The van der Waals surface area contributed by atoms with Gasteiger partial charge in [0.15, 0.2) is 12.2 Å². The first-order chi connectivity index (χ1) is 30.5. The van der Waals surface area contributed by atoms with Gasteiger partial charge in [0.2, 0.25) is 0 Å². The second-order valence-electron chi connectivity index (χ2n) is 20.0. The number of hydrogen-bond acceptors (Lipinski definition) is 6. The van der Waals surface area contributed by atoms with Crippen molar-refractivity contribution in [2.75, 3.05) is 0 Å². The Morgan fingerprint density at radius 1 is 0.591 bits per heavy atom. The zero-order valence-electron chi connectivity index (χ0n) is 40.0. The van der Waals surface area contributed by atoms with Crippen molar-refractivity contribution in [2.24, 2.45) is 0 Å². The van der Waals surface area contributed by atoms with Crippen LogP contribution in [0.2, 0.25) is 10.0 Å². The highest BCUT2D eigenvalue weighted by Gasteiger charge is 2.33. The lowest BCUT2D eigenvalue weighted by Crippen LogP contribution is -2.28. The van der Waals surface area contributed by atoms with Crippen molar-refractivity contribution < 1.29 is 39.5 Å². The van der Waals surface area contributed by atoms with Crippen LogP contribution in [0.5, 0.6) is 0 Å². The molecule has 6 rings (SSSR count). The van der Waals surface area contributed by atoms with Gasteiger partial charge in [0.05, 0.1) is 16.8 Å². The standard InChI is InChI=1S/C28H33ClO4.C28H29ClO4/c2*1-17-15-20-8-7-18(13-14-28(5,6)32)16-22(20)24(19-9-11-21(29)12-10-19)23(17)25(26(30)31)33-27(2,3)4/h7-12,15-16,25,32H,13-14H2,1-6H3,(H,30,31);7-12,15-16,25,32H,1-6H3,(H,30,31). The number of carboxylic acid groups (broad SMARTS) is 2. The van der Waals surface area contributed by atoms with E-state index >= 15 is 0 Å². The minimum absolute atomic E-state index is 0.592. The minimum atomic E-state index is -1.16.